The molecule has 0 saturated heterocycles. The van der Waals surface area contributed by atoms with E-state index in [0.29, 0.717) is 17.9 Å². The van der Waals surface area contributed by atoms with Crippen LogP contribution in [0.15, 0.2) is 54.1 Å². The summed E-state index contributed by atoms with van der Waals surface area (Å²) in [6, 6.07) is 14.8. The Labute approximate surface area is 170 Å². The van der Waals surface area contributed by atoms with E-state index < -0.39 is 11.9 Å². The summed E-state index contributed by atoms with van der Waals surface area (Å²) in [5.41, 5.74) is 3.89. The Hall–Kier alpha value is -2.69. The molecule has 0 atom stereocenters. The van der Waals surface area contributed by atoms with Crippen LogP contribution in [0.5, 0.6) is 5.75 Å². The van der Waals surface area contributed by atoms with Crippen LogP contribution in [0.2, 0.25) is 0 Å². The number of ether oxygens (including phenoxy) is 1. The molecule has 5 heteroatoms. The average molecular weight is 400 g/mol. The quantitative estimate of drug-likeness (QED) is 0.543. The standard InChI is InChI=1S/C24H26F2O3/c1-2-24(25,26)22-15-20(13-11-18(22)12-14-23(27)28)29-16-19-9-6-10-21(19)17-7-4-3-5-8-17/h3-5,7-8,11,13,15H,2,6,9-10,12,14,16H2,1H3,(H,27,28). The second kappa shape index (κ2) is 9.21. The molecule has 1 N–H and O–H groups in total. The van der Waals surface area contributed by atoms with E-state index in [1.54, 1.807) is 12.1 Å². The van der Waals surface area contributed by atoms with Crippen molar-refractivity contribution in [3.8, 4) is 5.75 Å². The van der Waals surface area contributed by atoms with Crippen molar-refractivity contribution in [2.75, 3.05) is 6.61 Å². The Morgan fingerprint density at radius 1 is 1.14 bits per heavy atom. The number of halogens is 2. The first-order chi connectivity index (χ1) is 13.9. The molecule has 1 aliphatic rings. The van der Waals surface area contributed by atoms with E-state index in [2.05, 4.69) is 12.1 Å². The predicted octanol–water partition coefficient (Wildman–Crippen LogP) is 6.22. The second-order valence-electron chi connectivity index (χ2n) is 7.36. The maximum Gasteiger partial charge on any atom is 0.303 e. The Morgan fingerprint density at radius 2 is 1.90 bits per heavy atom. The van der Waals surface area contributed by atoms with Gasteiger partial charge in [-0.3, -0.25) is 4.79 Å². The monoisotopic (exact) mass is 400 g/mol. The van der Waals surface area contributed by atoms with Crippen LogP contribution >= 0.6 is 0 Å². The number of carboxylic acids is 1. The van der Waals surface area contributed by atoms with Gasteiger partial charge in [0.2, 0.25) is 0 Å². The van der Waals surface area contributed by atoms with E-state index in [9.17, 15) is 13.6 Å². The molecule has 0 amide bonds. The third-order valence-electron chi connectivity index (χ3n) is 5.40. The molecule has 0 bridgehead atoms. The van der Waals surface area contributed by atoms with Crippen LogP contribution in [-0.4, -0.2) is 17.7 Å². The van der Waals surface area contributed by atoms with Gasteiger partial charge in [0.05, 0.1) is 0 Å². The first kappa shape index (κ1) is 21.0. The van der Waals surface area contributed by atoms with Crippen LogP contribution < -0.4 is 4.74 Å². The highest BCUT2D eigenvalue weighted by Gasteiger charge is 2.32. The van der Waals surface area contributed by atoms with E-state index in [-0.39, 0.29) is 24.8 Å². The maximum atomic E-state index is 14.5. The minimum atomic E-state index is -3.02. The summed E-state index contributed by atoms with van der Waals surface area (Å²) in [7, 11) is 0. The molecule has 3 rings (SSSR count). The van der Waals surface area contributed by atoms with Gasteiger partial charge in [-0.2, -0.15) is 0 Å². The van der Waals surface area contributed by atoms with Gasteiger partial charge in [-0.1, -0.05) is 43.3 Å². The van der Waals surface area contributed by atoms with Gasteiger partial charge in [-0.25, -0.2) is 8.78 Å². The molecule has 2 aromatic carbocycles. The molecule has 3 nitrogen and oxygen atoms in total. The highest BCUT2D eigenvalue weighted by Crippen LogP contribution is 2.37. The fourth-order valence-corrected chi connectivity index (χ4v) is 3.76. The zero-order valence-electron chi connectivity index (χ0n) is 16.6. The number of hydrogen-bond acceptors (Lipinski definition) is 2. The van der Waals surface area contributed by atoms with Crippen molar-refractivity contribution >= 4 is 11.5 Å². The molecule has 0 fully saturated rings. The van der Waals surface area contributed by atoms with Crippen molar-refractivity contribution in [2.45, 2.75) is 51.4 Å². The first-order valence-electron chi connectivity index (χ1n) is 10.0. The highest BCUT2D eigenvalue weighted by atomic mass is 19.3. The summed E-state index contributed by atoms with van der Waals surface area (Å²) in [6.45, 7) is 1.79. The van der Waals surface area contributed by atoms with Gasteiger partial charge in [0, 0.05) is 18.4 Å². The normalized spacial score (nSPS) is 14.3. The molecule has 0 unspecified atom stereocenters. The van der Waals surface area contributed by atoms with Gasteiger partial charge >= 0.3 is 5.97 Å². The molecule has 29 heavy (non-hydrogen) atoms. The number of carbonyl (C=O) groups is 1. The Balaban J connectivity index is 1.80. The minimum Gasteiger partial charge on any atom is -0.489 e. The third kappa shape index (κ3) is 5.22. The number of benzene rings is 2. The number of hydrogen-bond donors (Lipinski definition) is 1. The van der Waals surface area contributed by atoms with E-state index in [0.717, 1.165) is 19.3 Å². The number of rotatable bonds is 9. The van der Waals surface area contributed by atoms with Gasteiger partial charge < -0.3 is 9.84 Å². The summed E-state index contributed by atoms with van der Waals surface area (Å²) in [5, 5.41) is 8.89. The third-order valence-corrected chi connectivity index (χ3v) is 5.40. The maximum absolute atomic E-state index is 14.5. The first-order valence-corrected chi connectivity index (χ1v) is 10.0. The number of aliphatic carboxylic acids is 1. The lowest BCUT2D eigenvalue weighted by atomic mass is 9.96. The Kier molecular flexibility index (Phi) is 6.68. The zero-order valence-corrected chi connectivity index (χ0v) is 16.6. The van der Waals surface area contributed by atoms with E-state index in [1.165, 1.54) is 29.7 Å². The van der Waals surface area contributed by atoms with Gasteiger partial charge in [0.1, 0.15) is 12.4 Å². The molecular weight excluding hydrogens is 374 g/mol. The fourth-order valence-electron chi connectivity index (χ4n) is 3.76. The van der Waals surface area contributed by atoms with Crippen molar-refractivity contribution in [3.05, 3.63) is 70.8 Å². The van der Waals surface area contributed by atoms with Gasteiger partial charge in [0.15, 0.2) is 0 Å². The average Bonchev–Trinajstić information content (AvgIpc) is 3.20. The van der Waals surface area contributed by atoms with Crippen molar-refractivity contribution in [1.82, 2.24) is 0 Å². The molecule has 0 saturated carbocycles. The molecule has 1 aliphatic carbocycles. The molecular formula is C24H26F2O3. The van der Waals surface area contributed by atoms with Crippen molar-refractivity contribution in [2.24, 2.45) is 0 Å². The van der Waals surface area contributed by atoms with Crippen molar-refractivity contribution < 1.29 is 23.4 Å². The summed E-state index contributed by atoms with van der Waals surface area (Å²) >= 11 is 0. The van der Waals surface area contributed by atoms with E-state index in [1.807, 2.05) is 18.2 Å². The minimum absolute atomic E-state index is 0.0733. The molecule has 0 heterocycles. The second-order valence-corrected chi connectivity index (χ2v) is 7.36. The van der Waals surface area contributed by atoms with E-state index in [4.69, 9.17) is 9.84 Å². The van der Waals surface area contributed by atoms with Crippen LogP contribution in [0.1, 0.15) is 55.7 Å². The van der Waals surface area contributed by atoms with Gasteiger partial charge in [0.25, 0.3) is 5.92 Å². The lowest BCUT2D eigenvalue weighted by Crippen LogP contribution is -2.16. The van der Waals surface area contributed by atoms with Crippen LogP contribution in [0.25, 0.3) is 5.57 Å². The molecule has 2 aromatic rings. The zero-order chi connectivity index (χ0) is 20.9. The SMILES string of the molecule is CCC(F)(F)c1cc(OCC2=C(c3ccccc3)CCC2)ccc1CCC(=O)O. The predicted molar refractivity (Wildman–Crippen MR) is 109 cm³/mol. The Bertz CT molecular complexity index is 888. The number of allylic oxidation sites excluding steroid dienone is 1. The number of alkyl halides is 2. The lowest BCUT2D eigenvalue weighted by Gasteiger charge is -2.20. The van der Waals surface area contributed by atoms with Crippen LogP contribution in [0, 0.1) is 0 Å². The molecule has 0 aliphatic heterocycles. The largest absolute Gasteiger partial charge is 0.489 e. The van der Waals surface area contributed by atoms with Gasteiger partial charge in [-0.05, 0) is 60.1 Å². The lowest BCUT2D eigenvalue weighted by molar-refractivity contribution is -0.137. The van der Waals surface area contributed by atoms with Crippen LogP contribution in [-0.2, 0) is 17.1 Å². The number of carboxylic acid groups (broad SMARTS) is 1. The summed E-state index contributed by atoms with van der Waals surface area (Å²) < 4.78 is 34.8. The smallest absolute Gasteiger partial charge is 0.303 e. The summed E-state index contributed by atoms with van der Waals surface area (Å²) in [6.07, 6.45) is 2.55. The van der Waals surface area contributed by atoms with Crippen molar-refractivity contribution in [1.29, 1.82) is 0 Å². The molecule has 154 valence electrons. The fraction of sp³-hybridized carbons (Fsp3) is 0.375. The van der Waals surface area contributed by atoms with E-state index >= 15 is 0 Å². The van der Waals surface area contributed by atoms with Crippen molar-refractivity contribution in [3.63, 3.8) is 0 Å². The number of aryl methyl sites for hydroxylation is 1. The topological polar surface area (TPSA) is 46.5 Å². The molecule has 0 aromatic heterocycles. The summed E-state index contributed by atoms with van der Waals surface area (Å²) in [4.78, 5) is 10.9. The van der Waals surface area contributed by atoms with Crippen LogP contribution in [0.4, 0.5) is 8.78 Å². The molecule has 0 radical (unpaired) electrons. The molecule has 0 spiro atoms. The summed E-state index contributed by atoms with van der Waals surface area (Å²) in [5.74, 6) is -3.63. The van der Waals surface area contributed by atoms with Gasteiger partial charge in [-0.15, -0.1) is 0 Å². The highest BCUT2D eigenvalue weighted by molar-refractivity contribution is 5.70. The van der Waals surface area contributed by atoms with Crippen LogP contribution in [0.3, 0.4) is 0 Å². The Morgan fingerprint density at radius 3 is 2.59 bits per heavy atom.